The fraction of sp³-hybridized carbons (Fsp3) is 0.421. The number of methoxy groups -OCH3 is 1. The molecule has 8 heteroatoms. The summed E-state index contributed by atoms with van der Waals surface area (Å²) in [4.78, 5) is 9.19. The maximum Gasteiger partial charge on any atom is 0.223 e. The Morgan fingerprint density at radius 3 is 3.22 bits per heavy atom. The maximum atomic E-state index is 6.03. The van der Waals surface area contributed by atoms with Gasteiger partial charge in [0.2, 0.25) is 5.88 Å². The van der Waals surface area contributed by atoms with Gasteiger partial charge in [-0.1, -0.05) is 0 Å². The van der Waals surface area contributed by atoms with Gasteiger partial charge in [-0.3, -0.25) is 9.67 Å². The van der Waals surface area contributed by atoms with Crippen molar-refractivity contribution in [1.29, 1.82) is 0 Å². The van der Waals surface area contributed by atoms with Crippen molar-refractivity contribution < 1.29 is 14.2 Å². The van der Waals surface area contributed by atoms with E-state index < -0.39 is 0 Å². The molecule has 142 valence electrons. The molecule has 1 saturated heterocycles. The summed E-state index contributed by atoms with van der Waals surface area (Å²) in [5.74, 6) is 0.564. The summed E-state index contributed by atoms with van der Waals surface area (Å²) in [6, 6.07) is 5.81. The van der Waals surface area contributed by atoms with Gasteiger partial charge < -0.3 is 19.5 Å². The third-order valence-electron chi connectivity index (χ3n) is 4.43. The molecule has 0 aromatic carbocycles. The summed E-state index contributed by atoms with van der Waals surface area (Å²) in [5, 5.41) is 8.56. The number of rotatable bonds is 7. The molecule has 3 aromatic rings. The standard InChI is InChI=1S/C19H23N5O3/c1-25-8-6-24-12-14(10-22-24)17-9-18-16(3-2-4-21-18)19(23-17)27-13-15-11-20-5-7-26-15/h2-4,9-10,12,15,20H,5-8,11,13H2,1H3/t15-/m0/s1. The van der Waals surface area contributed by atoms with Crippen molar-refractivity contribution in [1.82, 2.24) is 25.1 Å². The van der Waals surface area contributed by atoms with Gasteiger partial charge in [0, 0.05) is 38.2 Å². The number of aromatic nitrogens is 4. The predicted octanol–water partition coefficient (Wildman–Crippen LogP) is 1.51. The molecule has 3 aromatic heterocycles. The number of hydrogen-bond acceptors (Lipinski definition) is 7. The molecule has 0 saturated carbocycles. The molecule has 4 heterocycles. The molecular formula is C19H23N5O3. The molecule has 0 aliphatic carbocycles. The second kappa shape index (κ2) is 8.43. The Hall–Kier alpha value is -2.55. The van der Waals surface area contributed by atoms with E-state index in [-0.39, 0.29) is 6.10 Å². The Kier molecular flexibility index (Phi) is 5.57. The van der Waals surface area contributed by atoms with Gasteiger partial charge in [-0.2, -0.15) is 5.10 Å². The minimum Gasteiger partial charge on any atom is -0.474 e. The van der Waals surface area contributed by atoms with Crippen molar-refractivity contribution in [3.8, 4) is 17.1 Å². The molecule has 0 unspecified atom stereocenters. The lowest BCUT2D eigenvalue weighted by molar-refractivity contribution is -0.000365. The van der Waals surface area contributed by atoms with Gasteiger partial charge >= 0.3 is 0 Å². The van der Waals surface area contributed by atoms with E-state index in [1.807, 2.05) is 29.1 Å². The minimum absolute atomic E-state index is 0.0210. The Morgan fingerprint density at radius 1 is 1.41 bits per heavy atom. The van der Waals surface area contributed by atoms with Crippen molar-refractivity contribution in [2.24, 2.45) is 0 Å². The van der Waals surface area contributed by atoms with Gasteiger partial charge in [0.1, 0.15) is 12.7 Å². The van der Waals surface area contributed by atoms with Crippen molar-refractivity contribution in [3.63, 3.8) is 0 Å². The Morgan fingerprint density at radius 2 is 2.37 bits per heavy atom. The summed E-state index contributed by atoms with van der Waals surface area (Å²) < 4.78 is 18.7. The number of fused-ring (bicyclic) bond motifs is 1. The highest BCUT2D eigenvalue weighted by Crippen LogP contribution is 2.28. The largest absolute Gasteiger partial charge is 0.474 e. The topological polar surface area (TPSA) is 83.3 Å². The van der Waals surface area contributed by atoms with Crippen LogP contribution in [0.25, 0.3) is 22.2 Å². The zero-order chi connectivity index (χ0) is 18.5. The van der Waals surface area contributed by atoms with Crippen LogP contribution in [-0.2, 0) is 16.0 Å². The quantitative estimate of drug-likeness (QED) is 0.676. The summed E-state index contributed by atoms with van der Waals surface area (Å²) >= 11 is 0. The monoisotopic (exact) mass is 369 g/mol. The third-order valence-corrected chi connectivity index (χ3v) is 4.43. The fourth-order valence-electron chi connectivity index (χ4n) is 3.00. The molecule has 0 bridgehead atoms. The minimum atomic E-state index is 0.0210. The number of hydrogen-bond donors (Lipinski definition) is 1. The van der Waals surface area contributed by atoms with Crippen molar-refractivity contribution in [2.45, 2.75) is 12.6 Å². The van der Waals surface area contributed by atoms with Crippen molar-refractivity contribution in [2.75, 3.05) is 40.0 Å². The van der Waals surface area contributed by atoms with Gasteiger partial charge in [-0.15, -0.1) is 0 Å². The second-order valence-corrected chi connectivity index (χ2v) is 6.38. The summed E-state index contributed by atoms with van der Waals surface area (Å²) in [6.07, 6.45) is 5.54. The number of pyridine rings is 2. The van der Waals surface area contributed by atoms with Crippen LogP contribution in [0, 0.1) is 0 Å². The van der Waals surface area contributed by atoms with E-state index in [2.05, 4.69) is 15.4 Å². The zero-order valence-corrected chi connectivity index (χ0v) is 15.3. The average molecular weight is 369 g/mol. The molecule has 0 radical (unpaired) electrons. The SMILES string of the molecule is COCCn1cc(-c2cc3ncccc3c(OC[C@@H]3CNCCO3)n2)cn1. The van der Waals surface area contributed by atoms with Crippen LogP contribution in [0.4, 0.5) is 0 Å². The van der Waals surface area contributed by atoms with E-state index in [0.717, 1.165) is 35.2 Å². The van der Waals surface area contributed by atoms with Crippen LogP contribution in [-0.4, -0.2) is 65.9 Å². The lowest BCUT2D eigenvalue weighted by Gasteiger charge is -2.23. The van der Waals surface area contributed by atoms with Crippen LogP contribution in [0.1, 0.15) is 0 Å². The highest BCUT2D eigenvalue weighted by Gasteiger charge is 2.16. The first-order chi connectivity index (χ1) is 13.3. The first kappa shape index (κ1) is 17.8. The second-order valence-electron chi connectivity index (χ2n) is 6.38. The van der Waals surface area contributed by atoms with Crippen LogP contribution in [0.3, 0.4) is 0 Å². The molecule has 27 heavy (non-hydrogen) atoms. The molecule has 8 nitrogen and oxygen atoms in total. The summed E-state index contributed by atoms with van der Waals surface area (Å²) in [6.45, 7) is 4.10. The molecular weight excluding hydrogens is 346 g/mol. The van der Waals surface area contributed by atoms with Crippen LogP contribution in [0.2, 0.25) is 0 Å². The first-order valence-electron chi connectivity index (χ1n) is 9.06. The van der Waals surface area contributed by atoms with E-state index in [1.54, 1.807) is 19.5 Å². The number of ether oxygens (including phenoxy) is 3. The fourth-order valence-corrected chi connectivity index (χ4v) is 3.00. The van der Waals surface area contributed by atoms with Crippen LogP contribution in [0.5, 0.6) is 5.88 Å². The van der Waals surface area contributed by atoms with E-state index in [0.29, 0.717) is 32.2 Å². The molecule has 1 atom stereocenters. The lowest BCUT2D eigenvalue weighted by Crippen LogP contribution is -2.41. The van der Waals surface area contributed by atoms with Crippen LogP contribution >= 0.6 is 0 Å². The molecule has 0 amide bonds. The average Bonchev–Trinajstić information content (AvgIpc) is 3.20. The molecule has 4 rings (SSSR count). The first-order valence-corrected chi connectivity index (χ1v) is 9.06. The van der Waals surface area contributed by atoms with Gasteiger partial charge in [-0.05, 0) is 18.2 Å². The highest BCUT2D eigenvalue weighted by atomic mass is 16.5. The van der Waals surface area contributed by atoms with E-state index in [4.69, 9.17) is 19.2 Å². The molecule has 1 aliphatic heterocycles. The van der Waals surface area contributed by atoms with Crippen molar-refractivity contribution >= 4 is 10.9 Å². The molecule has 0 spiro atoms. The van der Waals surface area contributed by atoms with Gasteiger partial charge in [0.15, 0.2) is 0 Å². The highest BCUT2D eigenvalue weighted by molar-refractivity contribution is 5.86. The Bertz CT molecular complexity index is 892. The van der Waals surface area contributed by atoms with Gasteiger partial charge in [0.25, 0.3) is 0 Å². The van der Waals surface area contributed by atoms with Crippen molar-refractivity contribution in [3.05, 3.63) is 36.8 Å². The molecule has 1 aliphatic rings. The van der Waals surface area contributed by atoms with Gasteiger partial charge in [-0.25, -0.2) is 4.98 Å². The predicted molar refractivity (Wildman–Crippen MR) is 101 cm³/mol. The summed E-state index contributed by atoms with van der Waals surface area (Å²) in [5.41, 5.74) is 2.53. The number of nitrogens with one attached hydrogen (secondary N) is 1. The summed E-state index contributed by atoms with van der Waals surface area (Å²) in [7, 11) is 1.68. The third kappa shape index (κ3) is 4.24. The lowest BCUT2D eigenvalue weighted by atomic mass is 10.2. The number of morpholine rings is 1. The zero-order valence-electron chi connectivity index (χ0n) is 15.3. The maximum absolute atomic E-state index is 6.03. The number of nitrogens with zero attached hydrogens (tertiary/aromatic N) is 4. The van der Waals surface area contributed by atoms with E-state index in [1.165, 1.54) is 0 Å². The Balaban J connectivity index is 1.60. The smallest absolute Gasteiger partial charge is 0.223 e. The van der Waals surface area contributed by atoms with Crippen LogP contribution in [0.15, 0.2) is 36.8 Å². The van der Waals surface area contributed by atoms with E-state index >= 15 is 0 Å². The van der Waals surface area contributed by atoms with Gasteiger partial charge in [0.05, 0.1) is 42.6 Å². The Labute approximate surface area is 157 Å². The van der Waals surface area contributed by atoms with Crippen LogP contribution < -0.4 is 10.1 Å². The molecule has 1 N–H and O–H groups in total. The van der Waals surface area contributed by atoms with E-state index in [9.17, 15) is 0 Å². The molecule has 1 fully saturated rings. The normalized spacial score (nSPS) is 17.3.